The van der Waals surface area contributed by atoms with E-state index in [2.05, 4.69) is 10.3 Å². The first-order valence-corrected chi connectivity index (χ1v) is 7.16. The number of carbonyl (C=O) groups is 2. The van der Waals surface area contributed by atoms with Gasteiger partial charge in [0.1, 0.15) is 11.0 Å². The van der Waals surface area contributed by atoms with E-state index in [1.54, 1.807) is 19.1 Å². The van der Waals surface area contributed by atoms with Crippen LogP contribution in [0, 0.1) is 0 Å². The molecule has 2 rings (SSSR count). The lowest BCUT2D eigenvalue weighted by molar-refractivity contribution is -0.123. The monoisotopic (exact) mass is 305 g/mol. The van der Waals surface area contributed by atoms with Crippen LogP contribution in [0.4, 0.5) is 0 Å². The molecule has 0 spiro atoms. The lowest BCUT2D eigenvalue weighted by atomic mass is 10.1. The van der Waals surface area contributed by atoms with Crippen LogP contribution in [-0.4, -0.2) is 22.0 Å². The van der Waals surface area contributed by atoms with Crippen molar-refractivity contribution in [2.75, 3.05) is 0 Å². The molecule has 1 heterocycles. The summed E-state index contributed by atoms with van der Waals surface area (Å²) in [6.45, 7) is 1.74. The number of amides is 1. The Morgan fingerprint density at radius 2 is 2.00 bits per heavy atom. The van der Waals surface area contributed by atoms with Gasteiger partial charge in [-0.3, -0.25) is 4.79 Å². The summed E-state index contributed by atoms with van der Waals surface area (Å²) in [6, 6.07) is 7.86. The number of rotatable bonds is 5. The molecule has 0 fully saturated rings. The van der Waals surface area contributed by atoms with E-state index in [1.807, 2.05) is 18.2 Å². The van der Waals surface area contributed by atoms with E-state index in [4.69, 9.17) is 10.8 Å². The first-order chi connectivity index (χ1) is 9.99. The highest BCUT2D eigenvalue weighted by molar-refractivity contribution is 7.09. The zero-order valence-electron chi connectivity index (χ0n) is 11.3. The van der Waals surface area contributed by atoms with Crippen LogP contribution < -0.4 is 11.1 Å². The number of nitrogens with zero attached hydrogens (tertiary/aromatic N) is 1. The van der Waals surface area contributed by atoms with Crippen LogP contribution in [0.1, 0.15) is 40.1 Å². The Bertz CT molecular complexity index is 642. The number of nitrogens with one attached hydrogen (secondary N) is 1. The smallest absolute Gasteiger partial charge is 0.355 e. The van der Waals surface area contributed by atoms with Gasteiger partial charge < -0.3 is 16.2 Å². The number of thiazole rings is 1. The van der Waals surface area contributed by atoms with Gasteiger partial charge in [0.15, 0.2) is 5.69 Å². The highest BCUT2D eigenvalue weighted by Gasteiger charge is 2.20. The molecule has 21 heavy (non-hydrogen) atoms. The van der Waals surface area contributed by atoms with Gasteiger partial charge in [0.05, 0.1) is 6.04 Å². The van der Waals surface area contributed by atoms with Crippen molar-refractivity contribution in [1.82, 2.24) is 10.3 Å². The predicted molar refractivity (Wildman–Crippen MR) is 79.0 cm³/mol. The third-order valence-electron chi connectivity index (χ3n) is 2.91. The van der Waals surface area contributed by atoms with Crippen LogP contribution in [-0.2, 0) is 4.79 Å². The molecular weight excluding hydrogens is 290 g/mol. The summed E-state index contributed by atoms with van der Waals surface area (Å²) in [5, 5.41) is 13.5. The lowest BCUT2D eigenvalue weighted by Crippen LogP contribution is -2.35. The van der Waals surface area contributed by atoms with Crippen LogP contribution in [0.15, 0.2) is 35.7 Å². The van der Waals surface area contributed by atoms with Gasteiger partial charge in [-0.25, -0.2) is 9.78 Å². The molecule has 1 aromatic heterocycles. The maximum absolute atomic E-state index is 12.1. The van der Waals surface area contributed by atoms with E-state index in [0.717, 1.165) is 0 Å². The second-order valence-electron chi connectivity index (χ2n) is 4.49. The SMILES string of the molecule is CC(NC(=O)[C@H](N)c1ccccc1)c1nc(C(=O)O)cs1. The van der Waals surface area contributed by atoms with Crippen LogP contribution in [0.2, 0.25) is 0 Å². The summed E-state index contributed by atoms with van der Waals surface area (Å²) in [5.74, 6) is -1.42. The Hall–Kier alpha value is -2.25. The largest absolute Gasteiger partial charge is 0.476 e. The molecule has 0 radical (unpaired) electrons. The molecule has 1 aromatic carbocycles. The highest BCUT2D eigenvalue weighted by Crippen LogP contribution is 2.19. The molecule has 0 saturated carbocycles. The standard InChI is InChI=1S/C14H15N3O3S/c1-8(13-17-10(7-21-13)14(19)20)16-12(18)11(15)9-5-3-2-4-6-9/h2-8,11H,15H2,1H3,(H,16,18)(H,19,20)/t8?,11-/m1/s1. The van der Waals surface area contributed by atoms with Gasteiger partial charge in [0.25, 0.3) is 0 Å². The average Bonchev–Trinajstić information content (AvgIpc) is 2.97. The number of hydrogen-bond donors (Lipinski definition) is 3. The molecule has 110 valence electrons. The molecule has 0 bridgehead atoms. The topological polar surface area (TPSA) is 105 Å². The van der Waals surface area contributed by atoms with Gasteiger partial charge in [0.2, 0.25) is 5.91 Å². The van der Waals surface area contributed by atoms with E-state index in [0.29, 0.717) is 10.6 Å². The third kappa shape index (κ3) is 3.65. The average molecular weight is 305 g/mol. The van der Waals surface area contributed by atoms with Crippen molar-refractivity contribution < 1.29 is 14.7 Å². The number of nitrogens with two attached hydrogens (primary N) is 1. The van der Waals surface area contributed by atoms with Crippen molar-refractivity contribution >= 4 is 23.2 Å². The minimum Gasteiger partial charge on any atom is -0.476 e. The molecule has 0 aliphatic rings. The maximum atomic E-state index is 12.1. The minimum absolute atomic E-state index is 0.0246. The van der Waals surface area contributed by atoms with Gasteiger partial charge >= 0.3 is 5.97 Å². The molecule has 2 atom stereocenters. The molecule has 1 amide bonds. The molecule has 7 heteroatoms. The van der Waals surface area contributed by atoms with Crippen molar-refractivity contribution in [3.05, 3.63) is 52.0 Å². The molecule has 0 saturated heterocycles. The molecule has 0 aliphatic heterocycles. The number of aromatic carboxylic acids is 1. The van der Waals surface area contributed by atoms with Gasteiger partial charge in [-0.05, 0) is 12.5 Å². The van der Waals surface area contributed by atoms with Crippen molar-refractivity contribution in [2.24, 2.45) is 5.73 Å². The Morgan fingerprint density at radius 3 is 2.57 bits per heavy atom. The fourth-order valence-electron chi connectivity index (χ4n) is 1.76. The summed E-state index contributed by atoms with van der Waals surface area (Å²) in [4.78, 5) is 26.8. The van der Waals surface area contributed by atoms with E-state index in [1.165, 1.54) is 16.7 Å². The first kappa shape index (κ1) is 15.1. The maximum Gasteiger partial charge on any atom is 0.355 e. The predicted octanol–water partition coefficient (Wildman–Crippen LogP) is 1.72. The van der Waals surface area contributed by atoms with Crippen LogP contribution in [0.3, 0.4) is 0 Å². The summed E-state index contributed by atoms with van der Waals surface area (Å²) in [6.07, 6.45) is 0. The van der Waals surface area contributed by atoms with E-state index in [9.17, 15) is 9.59 Å². The Balaban J connectivity index is 2.03. The second kappa shape index (κ2) is 6.47. The fraction of sp³-hybridized carbons (Fsp3) is 0.214. The molecule has 4 N–H and O–H groups in total. The summed E-state index contributed by atoms with van der Waals surface area (Å²) in [7, 11) is 0. The lowest BCUT2D eigenvalue weighted by Gasteiger charge is -2.16. The molecular formula is C14H15N3O3S. The summed E-state index contributed by atoms with van der Waals surface area (Å²) >= 11 is 1.19. The quantitative estimate of drug-likeness (QED) is 0.780. The van der Waals surface area contributed by atoms with Gasteiger partial charge in [0, 0.05) is 5.38 Å². The van der Waals surface area contributed by atoms with Crippen molar-refractivity contribution in [2.45, 2.75) is 19.0 Å². The van der Waals surface area contributed by atoms with Crippen LogP contribution in [0.25, 0.3) is 0 Å². The molecule has 0 aliphatic carbocycles. The Kier molecular flexibility index (Phi) is 4.66. The van der Waals surface area contributed by atoms with Crippen molar-refractivity contribution in [1.29, 1.82) is 0 Å². The van der Waals surface area contributed by atoms with Crippen molar-refractivity contribution in [3.63, 3.8) is 0 Å². The summed E-state index contributed by atoms with van der Waals surface area (Å²) in [5.41, 5.74) is 6.59. The second-order valence-corrected chi connectivity index (χ2v) is 5.38. The van der Waals surface area contributed by atoms with Gasteiger partial charge in [-0.15, -0.1) is 11.3 Å². The Morgan fingerprint density at radius 1 is 1.33 bits per heavy atom. The highest BCUT2D eigenvalue weighted by atomic mass is 32.1. The number of aromatic nitrogens is 1. The van der Waals surface area contributed by atoms with Crippen LogP contribution >= 0.6 is 11.3 Å². The minimum atomic E-state index is -1.09. The van der Waals surface area contributed by atoms with E-state index in [-0.39, 0.29) is 11.6 Å². The van der Waals surface area contributed by atoms with Crippen LogP contribution in [0.5, 0.6) is 0 Å². The van der Waals surface area contributed by atoms with Gasteiger partial charge in [-0.2, -0.15) is 0 Å². The van der Waals surface area contributed by atoms with Gasteiger partial charge in [-0.1, -0.05) is 30.3 Å². The number of benzene rings is 1. The summed E-state index contributed by atoms with van der Waals surface area (Å²) < 4.78 is 0. The Labute approximate surface area is 125 Å². The molecule has 1 unspecified atom stereocenters. The zero-order chi connectivity index (χ0) is 15.4. The molecule has 2 aromatic rings. The number of carbonyl (C=O) groups excluding carboxylic acids is 1. The zero-order valence-corrected chi connectivity index (χ0v) is 12.1. The number of carboxylic acids is 1. The molecule has 6 nitrogen and oxygen atoms in total. The first-order valence-electron chi connectivity index (χ1n) is 6.28. The van der Waals surface area contributed by atoms with E-state index < -0.39 is 18.1 Å². The number of carboxylic acid groups (broad SMARTS) is 1. The van der Waals surface area contributed by atoms with Crippen molar-refractivity contribution in [3.8, 4) is 0 Å². The number of hydrogen-bond acceptors (Lipinski definition) is 5. The van der Waals surface area contributed by atoms with E-state index >= 15 is 0 Å². The third-order valence-corrected chi connectivity index (χ3v) is 3.94. The normalized spacial score (nSPS) is 13.4. The fourth-order valence-corrected chi connectivity index (χ4v) is 2.56.